The molecule has 1 heterocycles. The van der Waals surface area contributed by atoms with Gasteiger partial charge in [-0.05, 0) is 50.5 Å². The highest BCUT2D eigenvalue weighted by Crippen LogP contribution is 2.37. The van der Waals surface area contributed by atoms with Crippen LogP contribution in [0.3, 0.4) is 0 Å². The van der Waals surface area contributed by atoms with Crippen LogP contribution in [0.5, 0.6) is 0 Å². The molecule has 0 radical (unpaired) electrons. The first-order chi connectivity index (χ1) is 12.1. The monoisotopic (exact) mass is 344 g/mol. The fraction of sp³-hybridized carbons (Fsp3) is 0.600. The third-order valence-electron chi connectivity index (χ3n) is 5.73. The highest BCUT2D eigenvalue weighted by molar-refractivity contribution is 5.83. The first kappa shape index (κ1) is 17.9. The maximum Gasteiger partial charge on any atom is 0.320 e. The Bertz CT molecular complexity index is 604. The zero-order valence-electron chi connectivity index (χ0n) is 14.9. The summed E-state index contributed by atoms with van der Waals surface area (Å²) in [4.78, 5) is 26.4. The number of amides is 1. The molecule has 5 heteroatoms. The van der Waals surface area contributed by atoms with E-state index in [1.54, 1.807) is 6.92 Å². The Morgan fingerprint density at radius 1 is 1.24 bits per heavy atom. The van der Waals surface area contributed by atoms with Crippen LogP contribution >= 0.6 is 0 Å². The summed E-state index contributed by atoms with van der Waals surface area (Å²) in [5.74, 6) is -0.180. The maximum absolute atomic E-state index is 12.8. The Morgan fingerprint density at radius 3 is 2.72 bits per heavy atom. The minimum atomic E-state index is -0.893. The van der Waals surface area contributed by atoms with Gasteiger partial charge in [-0.3, -0.25) is 14.9 Å². The Kier molecular flexibility index (Phi) is 5.74. The molecular weight excluding hydrogens is 316 g/mol. The Balaban J connectivity index is 1.55. The van der Waals surface area contributed by atoms with Crippen LogP contribution in [0.2, 0.25) is 0 Å². The molecular formula is C20H28N2O3. The lowest BCUT2D eigenvalue weighted by Gasteiger charge is -2.28. The number of aryl methyl sites for hydroxylation is 1. The van der Waals surface area contributed by atoms with Gasteiger partial charge < -0.3 is 10.0 Å². The summed E-state index contributed by atoms with van der Waals surface area (Å²) in [6, 6.07) is 9.06. The summed E-state index contributed by atoms with van der Waals surface area (Å²) >= 11 is 0. The molecule has 136 valence electrons. The van der Waals surface area contributed by atoms with E-state index >= 15 is 0 Å². The minimum absolute atomic E-state index is 0.0559. The van der Waals surface area contributed by atoms with E-state index in [0.717, 1.165) is 24.9 Å². The SMILES string of the molecule is CC(NC(CCc1ccccc1)C(=O)O)C(=O)N1CCC2CCCC21. The molecule has 4 atom stereocenters. The summed E-state index contributed by atoms with van der Waals surface area (Å²) in [6.45, 7) is 2.62. The number of carbonyl (C=O) groups excluding carboxylic acids is 1. The number of benzene rings is 1. The molecule has 2 fully saturated rings. The molecule has 2 N–H and O–H groups in total. The van der Waals surface area contributed by atoms with Gasteiger partial charge in [0.2, 0.25) is 5.91 Å². The molecule has 1 saturated carbocycles. The Labute approximate surface area is 149 Å². The number of nitrogens with zero attached hydrogens (tertiary/aromatic N) is 1. The van der Waals surface area contributed by atoms with Gasteiger partial charge in [-0.25, -0.2) is 0 Å². The average molecular weight is 344 g/mol. The van der Waals surface area contributed by atoms with Crippen LogP contribution in [0.4, 0.5) is 0 Å². The third kappa shape index (κ3) is 4.21. The molecule has 25 heavy (non-hydrogen) atoms. The number of hydrogen-bond donors (Lipinski definition) is 2. The summed E-state index contributed by atoms with van der Waals surface area (Å²) in [5.41, 5.74) is 1.11. The van der Waals surface area contributed by atoms with Gasteiger partial charge in [-0.2, -0.15) is 0 Å². The smallest absolute Gasteiger partial charge is 0.320 e. The molecule has 4 unspecified atom stereocenters. The van der Waals surface area contributed by atoms with E-state index in [0.29, 0.717) is 24.8 Å². The molecule has 1 aromatic rings. The van der Waals surface area contributed by atoms with Gasteiger partial charge in [0.25, 0.3) is 0 Å². The van der Waals surface area contributed by atoms with Crippen LogP contribution in [0.25, 0.3) is 0 Å². The molecule has 1 aliphatic carbocycles. The zero-order valence-corrected chi connectivity index (χ0v) is 14.9. The standard InChI is InChI=1S/C20H28N2O3/c1-14(19(23)22-13-12-16-8-5-9-18(16)22)21-17(20(24)25)11-10-15-6-3-2-4-7-15/h2-4,6-7,14,16-18,21H,5,8-13H2,1H3,(H,24,25). The van der Waals surface area contributed by atoms with E-state index in [-0.39, 0.29) is 5.91 Å². The van der Waals surface area contributed by atoms with Crippen molar-refractivity contribution in [2.45, 2.75) is 63.6 Å². The summed E-state index contributed by atoms with van der Waals surface area (Å²) < 4.78 is 0. The topological polar surface area (TPSA) is 69.6 Å². The van der Waals surface area contributed by atoms with Crippen molar-refractivity contribution in [3.8, 4) is 0 Å². The molecule has 2 aliphatic rings. The van der Waals surface area contributed by atoms with E-state index in [2.05, 4.69) is 5.32 Å². The van der Waals surface area contributed by atoms with Gasteiger partial charge in [0.05, 0.1) is 6.04 Å². The number of carboxylic acid groups (broad SMARTS) is 1. The van der Waals surface area contributed by atoms with Crippen LogP contribution in [-0.2, 0) is 16.0 Å². The number of rotatable bonds is 7. The molecule has 0 aromatic heterocycles. The lowest BCUT2D eigenvalue weighted by atomic mass is 10.0. The van der Waals surface area contributed by atoms with Crippen molar-refractivity contribution in [2.75, 3.05) is 6.54 Å². The Morgan fingerprint density at radius 2 is 2.00 bits per heavy atom. The summed E-state index contributed by atoms with van der Waals surface area (Å²) in [6.07, 6.45) is 5.78. The fourth-order valence-corrected chi connectivity index (χ4v) is 4.36. The third-order valence-corrected chi connectivity index (χ3v) is 5.73. The van der Waals surface area contributed by atoms with E-state index < -0.39 is 18.1 Å². The van der Waals surface area contributed by atoms with Crippen molar-refractivity contribution in [3.05, 3.63) is 35.9 Å². The molecule has 5 nitrogen and oxygen atoms in total. The fourth-order valence-electron chi connectivity index (χ4n) is 4.36. The average Bonchev–Trinajstić information content (AvgIpc) is 3.21. The van der Waals surface area contributed by atoms with Gasteiger partial charge in [0, 0.05) is 12.6 Å². The molecule has 1 aromatic carbocycles. The van der Waals surface area contributed by atoms with Gasteiger partial charge in [-0.1, -0.05) is 36.8 Å². The molecule has 0 bridgehead atoms. The normalized spacial score (nSPS) is 24.8. The van der Waals surface area contributed by atoms with Crippen molar-refractivity contribution in [2.24, 2.45) is 5.92 Å². The number of aliphatic carboxylic acids is 1. The van der Waals surface area contributed by atoms with Crippen molar-refractivity contribution in [3.63, 3.8) is 0 Å². The van der Waals surface area contributed by atoms with E-state index in [1.165, 1.54) is 12.8 Å². The number of fused-ring (bicyclic) bond motifs is 1. The van der Waals surface area contributed by atoms with E-state index in [4.69, 9.17) is 0 Å². The quantitative estimate of drug-likeness (QED) is 0.797. The number of likely N-dealkylation sites (tertiary alicyclic amines) is 1. The second-order valence-electron chi connectivity index (χ2n) is 7.38. The van der Waals surface area contributed by atoms with Crippen LogP contribution in [0.15, 0.2) is 30.3 Å². The predicted molar refractivity (Wildman–Crippen MR) is 96.2 cm³/mol. The predicted octanol–water partition coefficient (Wildman–Crippen LogP) is 2.45. The number of carboxylic acids is 1. The second kappa shape index (κ2) is 8.00. The summed E-state index contributed by atoms with van der Waals surface area (Å²) in [5, 5.41) is 12.6. The van der Waals surface area contributed by atoms with Crippen LogP contribution in [0, 0.1) is 5.92 Å². The van der Waals surface area contributed by atoms with Crippen LogP contribution in [-0.4, -0.2) is 46.6 Å². The van der Waals surface area contributed by atoms with Crippen molar-refractivity contribution in [1.29, 1.82) is 0 Å². The lowest BCUT2D eigenvalue weighted by molar-refractivity contribution is -0.140. The first-order valence-corrected chi connectivity index (χ1v) is 9.39. The first-order valence-electron chi connectivity index (χ1n) is 9.39. The molecule has 1 saturated heterocycles. The van der Waals surface area contributed by atoms with Crippen molar-refractivity contribution >= 4 is 11.9 Å². The van der Waals surface area contributed by atoms with Gasteiger partial charge >= 0.3 is 5.97 Å². The molecule has 1 amide bonds. The van der Waals surface area contributed by atoms with Crippen LogP contribution < -0.4 is 5.32 Å². The molecule has 0 spiro atoms. The molecule has 3 rings (SSSR count). The highest BCUT2D eigenvalue weighted by Gasteiger charge is 2.41. The maximum atomic E-state index is 12.8. The van der Waals surface area contributed by atoms with Crippen LogP contribution in [0.1, 0.15) is 44.6 Å². The Hall–Kier alpha value is -1.88. The van der Waals surface area contributed by atoms with Crippen molar-refractivity contribution in [1.82, 2.24) is 10.2 Å². The van der Waals surface area contributed by atoms with Gasteiger partial charge in [0.1, 0.15) is 6.04 Å². The van der Waals surface area contributed by atoms with E-state index in [1.807, 2.05) is 35.2 Å². The summed E-state index contributed by atoms with van der Waals surface area (Å²) in [7, 11) is 0. The lowest BCUT2D eigenvalue weighted by Crippen LogP contribution is -2.52. The number of carbonyl (C=O) groups is 2. The largest absolute Gasteiger partial charge is 0.480 e. The number of hydrogen-bond acceptors (Lipinski definition) is 3. The minimum Gasteiger partial charge on any atom is -0.480 e. The number of nitrogens with one attached hydrogen (secondary N) is 1. The van der Waals surface area contributed by atoms with E-state index in [9.17, 15) is 14.7 Å². The van der Waals surface area contributed by atoms with Gasteiger partial charge in [0.15, 0.2) is 0 Å². The van der Waals surface area contributed by atoms with Crippen molar-refractivity contribution < 1.29 is 14.7 Å². The zero-order chi connectivity index (χ0) is 17.8. The second-order valence-corrected chi connectivity index (χ2v) is 7.38. The highest BCUT2D eigenvalue weighted by atomic mass is 16.4. The van der Waals surface area contributed by atoms with Gasteiger partial charge in [-0.15, -0.1) is 0 Å². The molecule has 1 aliphatic heterocycles.